The van der Waals surface area contributed by atoms with Crippen LogP contribution in [-0.2, 0) is 6.54 Å². The molecule has 6 nitrogen and oxygen atoms in total. The van der Waals surface area contributed by atoms with Crippen molar-refractivity contribution in [3.8, 4) is 16.9 Å². The Labute approximate surface area is 199 Å². The number of rotatable bonds is 6. The molecule has 0 unspecified atom stereocenters. The molecule has 0 aliphatic carbocycles. The molecule has 0 bridgehead atoms. The van der Waals surface area contributed by atoms with Crippen LogP contribution in [0.15, 0.2) is 79.1 Å². The number of carbonyl (C=O) groups is 1. The molecule has 3 heterocycles. The summed E-state index contributed by atoms with van der Waals surface area (Å²) in [5.74, 6) is 0.667. The van der Waals surface area contributed by atoms with Crippen molar-refractivity contribution >= 4 is 16.8 Å². The van der Waals surface area contributed by atoms with E-state index >= 15 is 0 Å². The first-order valence-corrected chi connectivity index (χ1v) is 11.7. The van der Waals surface area contributed by atoms with Gasteiger partial charge in [0.2, 0.25) is 0 Å². The van der Waals surface area contributed by atoms with Crippen LogP contribution in [0.3, 0.4) is 0 Å². The number of nitrogens with one attached hydrogen (secondary N) is 1. The van der Waals surface area contributed by atoms with E-state index < -0.39 is 0 Å². The summed E-state index contributed by atoms with van der Waals surface area (Å²) in [4.78, 5) is 24.6. The second-order valence-corrected chi connectivity index (χ2v) is 8.69. The van der Waals surface area contributed by atoms with E-state index in [9.17, 15) is 4.79 Å². The van der Waals surface area contributed by atoms with Crippen molar-refractivity contribution in [3.63, 3.8) is 0 Å². The largest absolute Gasteiger partial charge is 0.497 e. The average Bonchev–Trinajstić information content (AvgIpc) is 2.90. The predicted molar refractivity (Wildman–Crippen MR) is 134 cm³/mol. The third-order valence-corrected chi connectivity index (χ3v) is 6.40. The van der Waals surface area contributed by atoms with Gasteiger partial charge in [-0.2, -0.15) is 0 Å². The van der Waals surface area contributed by atoms with E-state index in [1.54, 1.807) is 25.6 Å². The summed E-state index contributed by atoms with van der Waals surface area (Å²) in [6, 6.07) is 22.2. The van der Waals surface area contributed by atoms with Gasteiger partial charge in [0.25, 0.3) is 5.91 Å². The lowest BCUT2D eigenvalue weighted by atomic mass is 10.0. The molecule has 0 atom stereocenters. The van der Waals surface area contributed by atoms with E-state index in [-0.39, 0.29) is 11.9 Å². The van der Waals surface area contributed by atoms with E-state index in [1.165, 1.54) is 5.56 Å². The van der Waals surface area contributed by atoms with E-state index in [4.69, 9.17) is 9.72 Å². The number of methoxy groups -OCH3 is 1. The minimum atomic E-state index is -0.124. The summed E-state index contributed by atoms with van der Waals surface area (Å²) in [5, 5.41) is 4.10. The minimum absolute atomic E-state index is 0.124. The van der Waals surface area contributed by atoms with Crippen molar-refractivity contribution in [1.29, 1.82) is 0 Å². The molecule has 2 aromatic heterocycles. The Bertz CT molecular complexity index is 1270. The Morgan fingerprint density at radius 3 is 2.50 bits per heavy atom. The molecule has 0 saturated carbocycles. The van der Waals surface area contributed by atoms with E-state index in [2.05, 4.69) is 39.5 Å². The fraction of sp³-hybridized carbons (Fsp3) is 0.250. The van der Waals surface area contributed by atoms with E-state index in [1.807, 2.05) is 36.4 Å². The van der Waals surface area contributed by atoms with Crippen LogP contribution >= 0.6 is 0 Å². The maximum absolute atomic E-state index is 13.0. The zero-order valence-corrected chi connectivity index (χ0v) is 19.3. The van der Waals surface area contributed by atoms with Crippen molar-refractivity contribution < 1.29 is 9.53 Å². The van der Waals surface area contributed by atoms with Gasteiger partial charge in [-0.1, -0.05) is 42.5 Å². The van der Waals surface area contributed by atoms with Gasteiger partial charge >= 0.3 is 0 Å². The third kappa shape index (κ3) is 4.92. The van der Waals surface area contributed by atoms with Crippen LogP contribution in [-0.4, -0.2) is 47.0 Å². The Kier molecular flexibility index (Phi) is 6.49. The molecular formula is C28H28N4O2. The molecule has 1 fully saturated rings. The molecule has 2 aromatic carbocycles. The Morgan fingerprint density at radius 2 is 1.76 bits per heavy atom. The molecule has 1 N–H and O–H groups in total. The minimum Gasteiger partial charge on any atom is -0.497 e. The molecule has 1 aliphatic rings. The highest BCUT2D eigenvalue weighted by Crippen LogP contribution is 2.28. The van der Waals surface area contributed by atoms with Crippen molar-refractivity contribution in [2.24, 2.45) is 0 Å². The van der Waals surface area contributed by atoms with Gasteiger partial charge in [-0.05, 0) is 48.2 Å². The fourth-order valence-corrected chi connectivity index (χ4v) is 4.49. The fourth-order valence-electron chi connectivity index (χ4n) is 4.49. The van der Waals surface area contributed by atoms with E-state index in [0.29, 0.717) is 5.69 Å². The highest BCUT2D eigenvalue weighted by molar-refractivity contribution is 5.98. The Morgan fingerprint density at radius 1 is 1.00 bits per heavy atom. The molecule has 0 radical (unpaired) electrons. The van der Waals surface area contributed by atoms with Gasteiger partial charge in [0.05, 0.1) is 12.6 Å². The van der Waals surface area contributed by atoms with Crippen LogP contribution in [0.4, 0.5) is 0 Å². The number of hydrogen-bond acceptors (Lipinski definition) is 5. The Hall–Kier alpha value is -3.77. The predicted octanol–water partition coefficient (Wildman–Crippen LogP) is 4.70. The van der Waals surface area contributed by atoms with Crippen LogP contribution in [0.25, 0.3) is 22.0 Å². The van der Waals surface area contributed by atoms with Crippen LogP contribution in [0.1, 0.15) is 28.9 Å². The lowest BCUT2D eigenvalue weighted by molar-refractivity contribution is 0.0904. The van der Waals surface area contributed by atoms with Crippen molar-refractivity contribution in [3.05, 3.63) is 90.4 Å². The molecular weight excluding hydrogens is 424 g/mol. The highest BCUT2D eigenvalue weighted by Gasteiger charge is 2.22. The third-order valence-electron chi connectivity index (χ3n) is 6.40. The van der Waals surface area contributed by atoms with Crippen LogP contribution in [0.2, 0.25) is 0 Å². The van der Waals surface area contributed by atoms with Crippen LogP contribution < -0.4 is 10.1 Å². The molecule has 6 heteroatoms. The Balaban J connectivity index is 1.27. The second kappa shape index (κ2) is 10.0. The molecule has 1 saturated heterocycles. The summed E-state index contributed by atoms with van der Waals surface area (Å²) in [6.07, 6.45) is 5.45. The summed E-state index contributed by atoms with van der Waals surface area (Å²) >= 11 is 0. The number of fused-ring (bicyclic) bond motifs is 1. The SMILES string of the molecule is COc1ccc(-c2cncc3ccc(C(=O)NC4CCN(Cc5ccccc5)CC4)nc23)cc1. The van der Waals surface area contributed by atoms with Crippen molar-refractivity contribution in [2.45, 2.75) is 25.4 Å². The van der Waals surface area contributed by atoms with Gasteiger partial charge in [-0.15, -0.1) is 0 Å². The summed E-state index contributed by atoms with van der Waals surface area (Å²) in [6.45, 7) is 2.90. The molecule has 4 aromatic rings. The monoisotopic (exact) mass is 452 g/mol. The molecule has 5 rings (SSSR count). The van der Waals surface area contributed by atoms with Gasteiger partial charge in [0, 0.05) is 49.0 Å². The maximum atomic E-state index is 13.0. The first-order valence-electron chi connectivity index (χ1n) is 11.7. The number of likely N-dealkylation sites (tertiary alicyclic amines) is 1. The van der Waals surface area contributed by atoms with Crippen LogP contribution in [0, 0.1) is 0 Å². The highest BCUT2D eigenvalue weighted by atomic mass is 16.5. The maximum Gasteiger partial charge on any atom is 0.270 e. The number of ether oxygens (including phenoxy) is 1. The number of nitrogens with zero attached hydrogens (tertiary/aromatic N) is 3. The van der Waals surface area contributed by atoms with Crippen molar-refractivity contribution in [2.75, 3.05) is 20.2 Å². The first kappa shape index (κ1) is 22.0. The summed E-state index contributed by atoms with van der Waals surface area (Å²) in [7, 11) is 1.65. The normalized spacial score (nSPS) is 14.7. The smallest absolute Gasteiger partial charge is 0.270 e. The van der Waals surface area contributed by atoms with Crippen molar-refractivity contribution in [1.82, 2.24) is 20.2 Å². The number of carbonyl (C=O) groups excluding carboxylic acids is 1. The van der Waals surface area contributed by atoms with Gasteiger partial charge in [-0.25, -0.2) is 4.98 Å². The number of amides is 1. The lowest BCUT2D eigenvalue weighted by Gasteiger charge is -2.32. The van der Waals surface area contributed by atoms with Gasteiger partial charge < -0.3 is 10.1 Å². The lowest BCUT2D eigenvalue weighted by Crippen LogP contribution is -2.44. The first-order chi connectivity index (χ1) is 16.7. The molecule has 34 heavy (non-hydrogen) atoms. The number of benzene rings is 2. The molecule has 1 amide bonds. The number of pyridine rings is 2. The molecule has 0 spiro atoms. The van der Waals surface area contributed by atoms with Gasteiger partial charge in [0.1, 0.15) is 11.4 Å². The second-order valence-electron chi connectivity index (χ2n) is 8.69. The number of piperidine rings is 1. The quantitative estimate of drug-likeness (QED) is 0.459. The van der Waals surface area contributed by atoms with E-state index in [0.717, 1.165) is 60.3 Å². The number of hydrogen-bond donors (Lipinski definition) is 1. The molecule has 1 aliphatic heterocycles. The zero-order valence-electron chi connectivity index (χ0n) is 19.3. The standard InChI is InChI=1S/C28H28N4O2/c1-34-24-10-7-21(8-11-24)25-18-29-17-22-9-12-26(31-27(22)25)28(33)30-23-13-15-32(16-14-23)19-20-5-3-2-4-6-20/h2-12,17-18,23H,13-16,19H2,1H3,(H,30,33). The summed E-state index contributed by atoms with van der Waals surface area (Å²) in [5.41, 5.74) is 4.40. The summed E-state index contributed by atoms with van der Waals surface area (Å²) < 4.78 is 5.26. The number of aromatic nitrogens is 2. The molecule has 172 valence electrons. The van der Waals surface area contributed by atoms with Gasteiger partial charge in [0.15, 0.2) is 0 Å². The average molecular weight is 453 g/mol. The van der Waals surface area contributed by atoms with Gasteiger partial charge in [-0.3, -0.25) is 14.7 Å². The van der Waals surface area contributed by atoms with Crippen LogP contribution in [0.5, 0.6) is 5.75 Å². The topological polar surface area (TPSA) is 67.3 Å². The zero-order chi connectivity index (χ0) is 23.3.